The number of carbonyl (C=O) groups excluding carboxylic acids is 1. The third-order valence-corrected chi connectivity index (χ3v) is 4.60. The van der Waals surface area contributed by atoms with E-state index in [0.29, 0.717) is 12.1 Å². The molecule has 2 aromatic heterocycles. The van der Waals surface area contributed by atoms with Gasteiger partial charge >= 0.3 is 0 Å². The fourth-order valence-corrected chi connectivity index (χ4v) is 3.26. The number of pyridine rings is 1. The molecule has 5 heteroatoms. The third kappa shape index (κ3) is 4.14. The lowest BCUT2D eigenvalue weighted by atomic mass is 10.1. The number of imidazole rings is 1. The number of aromatic nitrogens is 2. The molecular weight excluding hydrogens is 362 g/mol. The minimum Gasteiger partial charge on any atom is -0.491 e. The molecular formula is C24H23N3O2. The molecule has 1 amide bonds. The van der Waals surface area contributed by atoms with Crippen LogP contribution < -0.4 is 9.64 Å². The number of benzene rings is 2. The average Bonchev–Trinajstić information content (AvgIpc) is 3.15. The lowest BCUT2D eigenvalue weighted by molar-refractivity contribution is 0.0984. The Morgan fingerprint density at radius 3 is 2.45 bits per heavy atom. The van der Waals surface area contributed by atoms with Crippen molar-refractivity contribution in [3.05, 3.63) is 96.4 Å². The Bertz CT molecular complexity index is 1100. The second-order valence-electron chi connectivity index (χ2n) is 7.10. The number of amides is 1. The van der Waals surface area contributed by atoms with Gasteiger partial charge in [-0.1, -0.05) is 24.3 Å². The third-order valence-electron chi connectivity index (χ3n) is 4.60. The van der Waals surface area contributed by atoms with Gasteiger partial charge in [0.2, 0.25) is 0 Å². The number of anilines is 1. The summed E-state index contributed by atoms with van der Waals surface area (Å²) >= 11 is 0. The highest BCUT2D eigenvalue weighted by atomic mass is 16.5. The molecule has 2 aromatic carbocycles. The minimum atomic E-state index is -0.0711. The fourth-order valence-electron chi connectivity index (χ4n) is 3.26. The molecule has 0 saturated carbocycles. The highest BCUT2D eigenvalue weighted by molar-refractivity contribution is 6.06. The maximum Gasteiger partial charge on any atom is 0.258 e. The van der Waals surface area contributed by atoms with Gasteiger partial charge in [-0.15, -0.1) is 0 Å². The summed E-state index contributed by atoms with van der Waals surface area (Å²) in [5, 5.41) is 0. The number of para-hydroxylation sites is 1. The van der Waals surface area contributed by atoms with E-state index in [9.17, 15) is 4.79 Å². The van der Waals surface area contributed by atoms with E-state index in [-0.39, 0.29) is 12.0 Å². The standard InChI is InChI=1S/C24H23N3O2/c1-18(2)29-22-13-11-19(12-14-22)24(28)27(20-8-4-3-5-9-20)17-21-16-25-23-10-6-7-15-26(21)23/h3-16,18H,17H2,1-2H3. The summed E-state index contributed by atoms with van der Waals surface area (Å²) in [6.45, 7) is 4.37. The van der Waals surface area contributed by atoms with Crippen LogP contribution in [0.3, 0.4) is 0 Å². The predicted octanol–water partition coefficient (Wildman–Crippen LogP) is 4.97. The molecule has 0 aliphatic carbocycles. The van der Waals surface area contributed by atoms with Gasteiger partial charge < -0.3 is 14.0 Å². The van der Waals surface area contributed by atoms with Crippen LogP contribution in [0.1, 0.15) is 29.9 Å². The molecule has 0 saturated heterocycles. The van der Waals surface area contributed by atoms with Crippen LogP contribution in [0.4, 0.5) is 5.69 Å². The summed E-state index contributed by atoms with van der Waals surface area (Å²) in [7, 11) is 0. The molecule has 29 heavy (non-hydrogen) atoms. The highest BCUT2D eigenvalue weighted by Gasteiger charge is 2.20. The molecule has 5 nitrogen and oxygen atoms in total. The molecule has 0 bridgehead atoms. The first-order valence-electron chi connectivity index (χ1n) is 9.66. The van der Waals surface area contributed by atoms with Crippen molar-refractivity contribution >= 4 is 17.2 Å². The minimum absolute atomic E-state index is 0.0711. The number of carbonyl (C=O) groups is 1. The van der Waals surface area contributed by atoms with E-state index in [2.05, 4.69) is 4.98 Å². The monoisotopic (exact) mass is 385 g/mol. The maximum atomic E-state index is 13.4. The first kappa shape index (κ1) is 18.7. The van der Waals surface area contributed by atoms with Gasteiger partial charge in [0, 0.05) is 17.4 Å². The van der Waals surface area contributed by atoms with E-state index in [1.165, 1.54) is 0 Å². The lowest BCUT2D eigenvalue weighted by Crippen LogP contribution is -2.30. The normalized spacial score (nSPS) is 11.0. The van der Waals surface area contributed by atoms with E-state index in [4.69, 9.17) is 4.74 Å². The molecule has 0 radical (unpaired) electrons. The molecule has 2 heterocycles. The molecule has 0 aliphatic rings. The smallest absolute Gasteiger partial charge is 0.258 e. The fraction of sp³-hybridized carbons (Fsp3) is 0.167. The van der Waals surface area contributed by atoms with E-state index in [1.54, 1.807) is 4.90 Å². The van der Waals surface area contributed by atoms with Crippen molar-refractivity contribution in [3.8, 4) is 5.75 Å². The van der Waals surface area contributed by atoms with Crippen molar-refractivity contribution in [1.29, 1.82) is 0 Å². The zero-order valence-corrected chi connectivity index (χ0v) is 16.5. The number of hydrogen-bond acceptors (Lipinski definition) is 3. The van der Waals surface area contributed by atoms with Crippen LogP contribution in [0.15, 0.2) is 85.2 Å². The topological polar surface area (TPSA) is 46.8 Å². The van der Waals surface area contributed by atoms with Crippen LogP contribution in [0, 0.1) is 0 Å². The molecule has 0 aliphatic heterocycles. The zero-order valence-electron chi connectivity index (χ0n) is 16.5. The summed E-state index contributed by atoms with van der Waals surface area (Å²) in [6, 6.07) is 22.9. The van der Waals surface area contributed by atoms with Gasteiger partial charge in [-0.3, -0.25) is 4.79 Å². The van der Waals surface area contributed by atoms with Crippen molar-refractivity contribution in [2.24, 2.45) is 0 Å². The van der Waals surface area contributed by atoms with E-state index >= 15 is 0 Å². The summed E-state index contributed by atoms with van der Waals surface area (Å²) in [5.74, 6) is 0.683. The van der Waals surface area contributed by atoms with Gasteiger partial charge in [-0.2, -0.15) is 0 Å². The van der Waals surface area contributed by atoms with Gasteiger partial charge in [-0.05, 0) is 62.4 Å². The van der Waals surface area contributed by atoms with Crippen LogP contribution in [0.25, 0.3) is 5.65 Å². The Labute approximate surface area is 170 Å². The Morgan fingerprint density at radius 1 is 1.00 bits per heavy atom. The number of hydrogen-bond donors (Lipinski definition) is 0. The maximum absolute atomic E-state index is 13.4. The van der Waals surface area contributed by atoms with Gasteiger partial charge in [0.15, 0.2) is 0 Å². The first-order valence-corrected chi connectivity index (χ1v) is 9.66. The number of nitrogens with zero attached hydrogens (tertiary/aromatic N) is 3. The van der Waals surface area contributed by atoms with Gasteiger partial charge in [0.25, 0.3) is 5.91 Å². The molecule has 0 N–H and O–H groups in total. The van der Waals surface area contributed by atoms with Crippen LogP contribution in [0.2, 0.25) is 0 Å². The predicted molar refractivity (Wildman–Crippen MR) is 114 cm³/mol. The van der Waals surface area contributed by atoms with E-state index in [1.807, 2.05) is 103 Å². The highest BCUT2D eigenvalue weighted by Crippen LogP contribution is 2.22. The molecule has 4 aromatic rings. The first-order chi connectivity index (χ1) is 14.1. The molecule has 4 rings (SSSR count). The van der Waals surface area contributed by atoms with Crippen molar-refractivity contribution < 1.29 is 9.53 Å². The van der Waals surface area contributed by atoms with Crippen molar-refractivity contribution in [2.75, 3.05) is 4.90 Å². The van der Waals surface area contributed by atoms with Gasteiger partial charge in [-0.25, -0.2) is 4.98 Å². The molecule has 0 atom stereocenters. The average molecular weight is 385 g/mol. The SMILES string of the molecule is CC(C)Oc1ccc(C(=O)N(Cc2cnc3ccccn23)c2ccccc2)cc1. The van der Waals surface area contributed by atoms with Crippen molar-refractivity contribution in [2.45, 2.75) is 26.5 Å². The largest absolute Gasteiger partial charge is 0.491 e. The van der Waals surface area contributed by atoms with E-state index in [0.717, 1.165) is 22.8 Å². The van der Waals surface area contributed by atoms with E-state index < -0.39 is 0 Å². The zero-order chi connectivity index (χ0) is 20.2. The van der Waals surface area contributed by atoms with Crippen LogP contribution in [-0.4, -0.2) is 21.4 Å². The Kier molecular flexibility index (Phi) is 5.29. The number of ether oxygens (including phenoxy) is 1. The Morgan fingerprint density at radius 2 is 1.72 bits per heavy atom. The summed E-state index contributed by atoms with van der Waals surface area (Å²) in [6.07, 6.45) is 3.87. The van der Waals surface area contributed by atoms with Crippen LogP contribution in [0.5, 0.6) is 5.75 Å². The summed E-state index contributed by atoms with van der Waals surface area (Å²) in [4.78, 5) is 19.6. The van der Waals surface area contributed by atoms with Crippen molar-refractivity contribution in [1.82, 2.24) is 9.38 Å². The quantitative estimate of drug-likeness (QED) is 0.471. The van der Waals surface area contributed by atoms with Crippen LogP contribution in [-0.2, 0) is 6.54 Å². The molecule has 0 spiro atoms. The van der Waals surface area contributed by atoms with Crippen LogP contribution >= 0.6 is 0 Å². The van der Waals surface area contributed by atoms with Gasteiger partial charge in [0.1, 0.15) is 11.4 Å². The van der Waals surface area contributed by atoms with Gasteiger partial charge in [0.05, 0.1) is 24.5 Å². The Hall–Kier alpha value is -3.60. The summed E-state index contributed by atoms with van der Waals surface area (Å²) < 4.78 is 7.69. The number of fused-ring (bicyclic) bond motifs is 1. The summed E-state index contributed by atoms with van der Waals surface area (Å²) in [5.41, 5.74) is 3.25. The second kappa shape index (κ2) is 8.19. The molecule has 146 valence electrons. The number of rotatable bonds is 6. The Balaban J connectivity index is 1.66. The molecule has 0 unspecified atom stereocenters. The second-order valence-corrected chi connectivity index (χ2v) is 7.10. The lowest BCUT2D eigenvalue weighted by Gasteiger charge is -2.23. The molecule has 0 fully saturated rings. The van der Waals surface area contributed by atoms with Crippen molar-refractivity contribution in [3.63, 3.8) is 0 Å².